The number of hydrogen-bond donors (Lipinski definition) is 0. The molecule has 0 aliphatic carbocycles. The first kappa shape index (κ1) is 38.4. The molecule has 39 heavy (non-hydrogen) atoms. The van der Waals surface area contributed by atoms with E-state index in [-0.39, 0.29) is 14.9 Å². The minimum Gasteiger partial charge on any atom is -0.469 e. The molecule has 0 amide bonds. The van der Waals surface area contributed by atoms with Crippen LogP contribution < -0.4 is 0 Å². The molecular formula is C35H59N3O. The minimum absolute atomic E-state index is 0. The molecule has 2 aromatic rings. The SMILES string of the molecule is C.C.CC1=C(C(C)C)CC=N1.CC1=NCC=C1C(C)C.Cc1ncccc1C(C)C.Cc1occc1C(C)C. The Bertz CT molecular complexity index is 1070. The van der Waals surface area contributed by atoms with Gasteiger partial charge in [0.15, 0.2) is 0 Å². The third kappa shape index (κ3) is 13.2. The zero-order chi connectivity index (χ0) is 28.1. The largest absolute Gasteiger partial charge is 0.469 e. The molecule has 0 N–H and O–H groups in total. The Labute approximate surface area is 241 Å². The fourth-order valence-electron chi connectivity index (χ4n) is 4.44. The second-order valence-electron chi connectivity index (χ2n) is 10.9. The van der Waals surface area contributed by atoms with Gasteiger partial charge in [0.05, 0.1) is 12.8 Å². The molecule has 0 fully saturated rings. The molecule has 4 rings (SSSR count). The summed E-state index contributed by atoms with van der Waals surface area (Å²) in [4.78, 5) is 12.7. The van der Waals surface area contributed by atoms with Crippen molar-refractivity contribution in [3.8, 4) is 0 Å². The number of allylic oxidation sites excluding steroid dienone is 3. The van der Waals surface area contributed by atoms with Crippen LogP contribution >= 0.6 is 0 Å². The van der Waals surface area contributed by atoms with Gasteiger partial charge < -0.3 is 4.42 Å². The van der Waals surface area contributed by atoms with E-state index in [1.165, 1.54) is 33.7 Å². The smallest absolute Gasteiger partial charge is 0.104 e. The molecule has 0 unspecified atom stereocenters. The van der Waals surface area contributed by atoms with Crippen LogP contribution in [-0.2, 0) is 0 Å². The van der Waals surface area contributed by atoms with E-state index in [1.807, 2.05) is 31.5 Å². The van der Waals surface area contributed by atoms with E-state index >= 15 is 0 Å². The van der Waals surface area contributed by atoms with E-state index in [2.05, 4.69) is 103 Å². The Balaban J connectivity index is 0. The van der Waals surface area contributed by atoms with Crippen molar-refractivity contribution in [2.45, 2.75) is 116 Å². The first-order valence-electron chi connectivity index (χ1n) is 13.8. The zero-order valence-corrected chi connectivity index (χ0v) is 25.5. The quantitative estimate of drug-likeness (QED) is 0.389. The summed E-state index contributed by atoms with van der Waals surface area (Å²) in [5.41, 5.74) is 9.19. The Morgan fingerprint density at radius 1 is 0.769 bits per heavy atom. The second kappa shape index (κ2) is 19.3. The topological polar surface area (TPSA) is 50.8 Å². The highest BCUT2D eigenvalue weighted by molar-refractivity contribution is 6.00. The lowest BCUT2D eigenvalue weighted by Crippen LogP contribution is -2.00. The van der Waals surface area contributed by atoms with Crippen molar-refractivity contribution in [2.24, 2.45) is 21.8 Å². The Morgan fingerprint density at radius 2 is 1.38 bits per heavy atom. The molecule has 2 aromatic heterocycles. The molecule has 0 spiro atoms. The molecule has 0 bridgehead atoms. The molecule has 4 heterocycles. The maximum Gasteiger partial charge on any atom is 0.104 e. The van der Waals surface area contributed by atoms with Crippen molar-refractivity contribution < 1.29 is 4.42 Å². The van der Waals surface area contributed by atoms with Crippen LogP contribution in [0.2, 0.25) is 0 Å². The van der Waals surface area contributed by atoms with Crippen molar-refractivity contribution in [1.82, 2.24) is 4.98 Å². The number of furan rings is 1. The maximum atomic E-state index is 5.13. The van der Waals surface area contributed by atoms with Crippen LogP contribution in [0, 0.1) is 25.7 Å². The van der Waals surface area contributed by atoms with Gasteiger partial charge in [-0.05, 0) is 85.8 Å². The van der Waals surface area contributed by atoms with E-state index in [0.717, 1.165) is 24.4 Å². The molecule has 2 aliphatic rings. The van der Waals surface area contributed by atoms with Gasteiger partial charge in [-0.2, -0.15) is 0 Å². The Hall–Kier alpha value is -2.75. The second-order valence-corrected chi connectivity index (χ2v) is 10.9. The normalized spacial score (nSPS) is 13.5. The number of aromatic nitrogens is 1. The van der Waals surface area contributed by atoms with Crippen LogP contribution in [0.3, 0.4) is 0 Å². The summed E-state index contributed by atoms with van der Waals surface area (Å²) in [7, 11) is 0. The summed E-state index contributed by atoms with van der Waals surface area (Å²) in [5.74, 6) is 3.55. The standard InChI is InChI=1S/C9H13N.2C8H13N.C8H12O.2CH4/c1-7(2)9-5-4-6-10-8(9)3;3*1-6(2)8-4-5-9-7(8)3;;/h4-7H,1-3H3;5-6H,4H2,1-3H3;4,6H,5H2,1-3H3;4-6H,1-3H3;2*1H4. The molecule has 220 valence electrons. The average Bonchev–Trinajstić information content (AvgIpc) is 3.56. The molecule has 0 atom stereocenters. The summed E-state index contributed by atoms with van der Waals surface area (Å²) in [5, 5.41) is 0. The number of rotatable bonds is 4. The monoisotopic (exact) mass is 537 g/mol. The maximum absolute atomic E-state index is 5.13. The Morgan fingerprint density at radius 3 is 1.64 bits per heavy atom. The molecule has 0 aromatic carbocycles. The lowest BCUT2D eigenvalue weighted by atomic mass is 10.0. The van der Waals surface area contributed by atoms with Gasteiger partial charge in [-0.1, -0.05) is 82.4 Å². The van der Waals surface area contributed by atoms with E-state index < -0.39 is 0 Å². The van der Waals surface area contributed by atoms with Crippen molar-refractivity contribution >= 4 is 11.9 Å². The van der Waals surface area contributed by atoms with Crippen molar-refractivity contribution in [3.05, 3.63) is 76.2 Å². The molecular weight excluding hydrogens is 478 g/mol. The summed E-state index contributed by atoms with van der Waals surface area (Å²) in [6, 6.07) is 6.15. The van der Waals surface area contributed by atoms with Crippen molar-refractivity contribution in [1.29, 1.82) is 0 Å². The summed E-state index contributed by atoms with van der Waals surface area (Å²) < 4.78 is 5.13. The van der Waals surface area contributed by atoms with Gasteiger partial charge in [0.1, 0.15) is 5.76 Å². The van der Waals surface area contributed by atoms with Crippen LogP contribution in [-0.4, -0.2) is 23.5 Å². The van der Waals surface area contributed by atoms with Crippen LogP contribution in [0.15, 0.2) is 68.0 Å². The van der Waals surface area contributed by atoms with Gasteiger partial charge in [-0.25, -0.2) is 0 Å². The average molecular weight is 538 g/mol. The van der Waals surface area contributed by atoms with Crippen LogP contribution in [0.4, 0.5) is 0 Å². The number of aryl methyl sites for hydroxylation is 2. The Kier molecular flexibility index (Phi) is 19.0. The number of pyridine rings is 1. The van der Waals surface area contributed by atoms with E-state index in [0.29, 0.717) is 23.7 Å². The van der Waals surface area contributed by atoms with Gasteiger partial charge in [0, 0.05) is 35.9 Å². The fraction of sp³-hybridized carbons (Fsp3) is 0.571. The minimum atomic E-state index is 0. The third-order valence-corrected chi connectivity index (χ3v) is 6.63. The number of nitrogens with zero attached hydrogens (tertiary/aromatic N) is 3. The van der Waals surface area contributed by atoms with Crippen molar-refractivity contribution in [2.75, 3.05) is 6.54 Å². The van der Waals surface area contributed by atoms with Crippen LogP contribution in [0.5, 0.6) is 0 Å². The summed E-state index contributed by atoms with van der Waals surface area (Å²) in [6.07, 6.45) is 8.85. The van der Waals surface area contributed by atoms with E-state index in [9.17, 15) is 0 Å². The van der Waals surface area contributed by atoms with Gasteiger partial charge in [0.2, 0.25) is 0 Å². The first-order chi connectivity index (χ1) is 17.4. The highest BCUT2D eigenvalue weighted by atomic mass is 16.3. The van der Waals surface area contributed by atoms with Gasteiger partial charge in [-0.3, -0.25) is 15.0 Å². The molecule has 0 radical (unpaired) electrons. The third-order valence-electron chi connectivity index (χ3n) is 6.63. The van der Waals surface area contributed by atoms with Crippen LogP contribution in [0.25, 0.3) is 0 Å². The molecule has 4 heteroatoms. The molecule has 0 saturated carbocycles. The highest BCUT2D eigenvalue weighted by Crippen LogP contribution is 2.22. The van der Waals surface area contributed by atoms with Crippen LogP contribution in [0.1, 0.15) is 125 Å². The first-order valence-corrected chi connectivity index (χ1v) is 13.8. The molecule has 2 aliphatic heterocycles. The van der Waals surface area contributed by atoms with Gasteiger partial charge in [0.25, 0.3) is 0 Å². The summed E-state index contributed by atoms with van der Waals surface area (Å²) >= 11 is 0. The summed E-state index contributed by atoms with van der Waals surface area (Å²) in [6.45, 7) is 26.7. The van der Waals surface area contributed by atoms with Gasteiger partial charge >= 0.3 is 0 Å². The number of aliphatic imine (C=N–C) groups is 2. The zero-order valence-electron chi connectivity index (χ0n) is 25.5. The molecule has 4 nitrogen and oxygen atoms in total. The predicted molar refractivity (Wildman–Crippen MR) is 176 cm³/mol. The predicted octanol–water partition coefficient (Wildman–Crippen LogP) is 10.9. The van der Waals surface area contributed by atoms with E-state index in [1.54, 1.807) is 6.26 Å². The lowest BCUT2D eigenvalue weighted by Gasteiger charge is -2.06. The molecule has 0 saturated heterocycles. The highest BCUT2D eigenvalue weighted by Gasteiger charge is 2.10. The van der Waals surface area contributed by atoms with Crippen molar-refractivity contribution in [3.63, 3.8) is 0 Å². The van der Waals surface area contributed by atoms with E-state index in [4.69, 9.17) is 4.42 Å². The lowest BCUT2D eigenvalue weighted by molar-refractivity contribution is 0.527. The van der Waals surface area contributed by atoms with Gasteiger partial charge in [-0.15, -0.1) is 0 Å². The fourth-order valence-corrected chi connectivity index (χ4v) is 4.44. The number of hydrogen-bond acceptors (Lipinski definition) is 4.